The van der Waals surface area contributed by atoms with E-state index in [1.54, 1.807) is 73.7 Å². The van der Waals surface area contributed by atoms with E-state index in [0.717, 1.165) is 16.3 Å². The highest BCUT2D eigenvalue weighted by Crippen LogP contribution is 2.26. The molecule has 202 valence electrons. The molecular weight excluding hydrogens is 545 g/mol. The van der Waals surface area contributed by atoms with Crippen LogP contribution in [0.5, 0.6) is 0 Å². The van der Waals surface area contributed by atoms with Crippen molar-refractivity contribution in [3.8, 4) is 0 Å². The molecule has 0 saturated carbocycles. The summed E-state index contributed by atoms with van der Waals surface area (Å²) in [4.78, 5) is 28.3. The molecule has 0 unspecified atom stereocenters. The van der Waals surface area contributed by atoms with Crippen LogP contribution in [0.25, 0.3) is 0 Å². The van der Waals surface area contributed by atoms with Gasteiger partial charge in [0.15, 0.2) is 0 Å². The third-order valence-electron chi connectivity index (χ3n) is 6.16. The van der Waals surface area contributed by atoms with E-state index in [-0.39, 0.29) is 29.1 Å². The minimum absolute atomic E-state index is 0.0366. The number of rotatable bonds is 11. The molecule has 1 N–H and O–H groups in total. The number of halogens is 2. The molecule has 2 atom stereocenters. The van der Waals surface area contributed by atoms with E-state index in [9.17, 15) is 18.0 Å². The number of benzene rings is 3. The van der Waals surface area contributed by atoms with Crippen molar-refractivity contribution in [2.75, 3.05) is 10.8 Å². The molecule has 10 heteroatoms. The Hall–Kier alpha value is -3.07. The molecule has 0 radical (unpaired) electrons. The van der Waals surface area contributed by atoms with Crippen molar-refractivity contribution < 1.29 is 18.0 Å². The lowest BCUT2D eigenvalue weighted by Crippen LogP contribution is -2.52. The Kier molecular flexibility index (Phi) is 10.2. The number of hydrogen-bond donors (Lipinski definition) is 1. The Morgan fingerprint density at radius 3 is 1.97 bits per heavy atom. The quantitative estimate of drug-likeness (QED) is 0.326. The second kappa shape index (κ2) is 13.1. The maximum absolute atomic E-state index is 13.8. The zero-order valence-electron chi connectivity index (χ0n) is 21.5. The van der Waals surface area contributed by atoms with Gasteiger partial charge in [0.05, 0.1) is 10.6 Å². The van der Waals surface area contributed by atoms with Crippen LogP contribution in [0.3, 0.4) is 0 Å². The van der Waals surface area contributed by atoms with Gasteiger partial charge in [-0.15, -0.1) is 0 Å². The predicted octanol–water partition coefficient (Wildman–Crippen LogP) is 5.52. The molecule has 0 aromatic heterocycles. The average Bonchev–Trinajstić information content (AvgIpc) is 2.91. The van der Waals surface area contributed by atoms with Crippen LogP contribution in [-0.2, 0) is 26.2 Å². The number of nitrogens with one attached hydrogen (secondary N) is 1. The molecule has 38 heavy (non-hydrogen) atoms. The largest absolute Gasteiger partial charge is 0.352 e. The first-order chi connectivity index (χ1) is 18.0. The highest BCUT2D eigenvalue weighted by molar-refractivity contribution is 7.92. The van der Waals surface area contributed by atoms with E-state index in [1.807, 2.05) is 13.8 Å². The van der Waals surface area contributed by atoms with Crippen molar-refractivity contribution in [2.45, 2.75) is 50.7 Å². The third-order valence-corrected chi connectivity index (χ3v) is 8.45. The van der Waals surface area contributed by atoms with E-state index in [0.29, 0.717) is 10.0 Å². The maximum Gasteiger partial charge on any atom is 0.264 e. The maximum atomic E-state index is 13.8. The summed E-state index contributed by atoms with van der Waals surface area (Å²) in [6.07, 6.45) is 0.725. The standard InChI is InChI=1S/C28H31Cl2N3O4S/c1-4-20(2)31-28(35)21(3)32(18-22-10-12-23(29)13-11-22)27(34)19-33(25-16-14-24(30)15-17-25)38(36,37)26-8-6-5-7-9-26/h5-17,20-21H,4,18-19H2,1-3H3,(H,31,35)/t20-,21-/m1/s1. The molecule has 3 rings (SSSR count). The lowest BCUT2D eigenvalue weighted by Gasteiger charge is -2.32. The van der Waals surface area contributed by atoms with Gasteiger partial charge in [-0.1, -0.05) is 60.5 Å². The van der Waals surface area contributed by atoms with Gasteiger partial charge >= 0.3 is 0 Å². The second-order valence-corrected chi connectivity index (χ2v) is 11.7. The molecule has 0 aliphatic heterocycles. The SMILES string of the molecule is CC[C@@H](C)NC(=O)[C@@H](C)N(Cc1ccc(Cl)cc1)C(=O)CN(c1ccc(Cl)cc1)S(=O)(=O)c1ccccc1. The monoisotopic (exact) mass is 575 g/mol. The lowest BCUT2D eigenvalue weighted by molar-refractivity contribution is -0.139. The minimum Gasteiger partial charge on any atom is -0.352 e. The molecule has 0 heterocycles. The van der Waals surface area contributed by atoms with Crippen LogP contribution in [0.4, 0.5) is 5.69 Å². The van der Waals surface area contributed by atoms with Gasteiger partial charge in [-0.2, -0.15) is 0 Å². The highest BCUT2D eigenvalue weighted by Gasteiger charge is 2.32. The zero-order valence-corrected chi connectivity index (χ0v) is 23.8. The molecule has 0 saturated heterocycles. The summed E-state index contributed by atoms with van der Waals surface area (Å²) in [7, 11) is -4.12. The van der Waals surface area contributed by atoms with Crippen molar-refractivity contribution in [1.29, 1.82) is 0 Å². The van der Waals surface area contributed by atoms with Gasteiger partial charge in [0.2, 0.25) is 11.8 Å². The fourth-order valence-electron chi connectivity index (χ4n) is 3.69. The molecule has 0 bridgehead atoms. The Morgan fingerprint density at radius 1 is 0.868 bits per heavy atom. The van der Waals surface area contributed by atoms with Crippen molar-refractivity contribution in [2.24, 2.45) is 0 Å². The first-order valence-electron chi connectivity index (χ1n) is 12.2. The van der Waals surface area contributed by atoms with E-state index in [4.69, 9.17) is 23.2 Å². The number of hydrogen-bond acceptors (Lipinski definition) is 4. The summed E-state index contributed by atoms with van der Waals surface area (Å²) >= 11 is 12.1. The van der Waals surface area contributed by atoms with Gasteiger partial charge in [0, 0.05) is 22.6 Å². The molecule has 0 aliphatic rings. The number of nitrogens with zero attached hydrogens (tertiary/aromatic N) is 2. The second-order valence-electron chi connectivity index (χ2n) is 8.94. The highest BCUT2D eigenvalue weighted by atomic mass is 35.5. The van der Waals surface area contributed by atoms with E-state index >= 15 is 0 Å². The van der Waals surface area contributed by atoms with Crippen LogP contribution in [0.2, 0.25) is 10.0 Å². The molecular formula is C28H31Cl2N3O4S. The van der Waals surface area contributed by atoms with Crippen LogP contribution in [0.1, 0.15) is 32.8 Å². The number of carbonyl (C=O) groups is 2. The summed E-state index contributed by atoms with van der Waals surface area (Å²) < 4.78 is 28.4. The number of anilines is 1. The molecule has 7 nitrogen and oxygen atoms in total. The van der Waals surface area contributed by atoms with Crippen molar-refractivity contribution >= 4 is 50.7 Å². The summed E-state index contributed by atoms with van der Waals surface area (Å²) in [5.41, 5.74) is 1.02. The van der Waals surface area contributed by atoms with Gasteiger partial charge in [-0.05, 0) is 74.4 Å². The van der Waals surface area contributed by atoms with E-state index in [1.165, 1.54) is 17.0 Å². The zero-order chi connectivity index (χ0) is 27.9. The topological polar surface area (TPSA) is 86.8 Å². The summed E-state index contributed by atoms with van der Waals surface area (Å²) in [6.45, 7) is 5.03. The van der Waals surface area contributed by atoms with Crippen LogP contribution in [0.15, 0.2) is 83.8 Å². The summed E-state index contributed by atoms with van der Waals surface area (Å²) in [5.74, 6) is -0.869. The predicted molar refractivity (Wildman–Crippen MR) is 152 cm³/mol. The summed E-state index contributed by atoms with van der Waals surface area (Å²) in [6, 6.07) is 20.1. The molecule has 2 amide bonds. The molecule has 0 spiro atoms. The fraction of sp³-hybridized carbons (Fsp3) is 0.286. The number of carbonyl (C=O) groups excluding carboxylic acids is 2. The van der Waals surface area contributed by atoms with E-state index < -0.39 is 28.5 Å². The molecule has 0 fully saturated rings. The van der Waals surface area contributed by atoms with E-state index in [2.05, 4.69) is 5.32 Å². The Balaban J connectivity index is 2.00. The lowest BCUT2D eigenvalue weighted by atomic mass is 10.1. The smallest absolute Gasteiger partial charge is 0.264 e. The van der Waals surface area contributed by atoms with Gasteiger partial charge in [0.25, 0.3) is 10.0 Å². The van der Waals surface area contributed by atoms with Crippen LogP contribution >= 0.6 is 23.2 Å². The van der Waals surface area contributed by atoms with Crippen LogP contribution in [0, 0.1) is 0 Å². The Bertz CT molecular complexity index is 1330. The first kappa shape index (κ1) is 29.5. The number of amides is 2. The number of sulfonamides is 1. The Labute approximate surface area is 234 Å². The molecule has 0 aliphatic carbocycles. The van der Waals surface area contributed by atoms with Gasteiger partial charge in [-0.25, -0.2) is 8.42 Å². The molecule has 3 aromatic rings. The van der Waals surface area contributed by atoms with Gasteiger partial charge in [-0.3, -0.25) is 13.9 Å². The van der Waals surface area contributed by atoms with Gasteiger partial charge < -0.3 is 10.2 Å². The Morgan fingerprint density at radius 2 is 1.42 bits per heavy atom. The van der Waals surface area contributed by atoms with Crippen molar-refractivity contribution in [3.05, 3.63) is 94.5 Å². The summed E-state index contributed by atoms with van der Waals surface area (Å²) in [5, 5.41) is 3.87. The van der Waals surface area contributed by atoms with Crippen LogP contribution < -0.4 is 9.62 Å². The van der Waals surface area contributed by atoms with Gasteiger partial charge in [0.1, 0.15) is 12.6 Å². The first-order valence-corrected chi connectivity index (χ1v) is 14.4. The molecule has 3 aromatic carbocycles. The van der Waals surface area contributed by atoms with Crippen molar-refractivity contribution in [3.63, 3.8) is 0 Å². The third kappa shape index (κ3) is 7.49. The van der Waals surface area contributed by atoms with Crippen LogP contribution in [-0.4, -0.2) is 43.8 Å². The minimum atomic E-state index is -4.12. The van der Waals surface area contributed by atoms with Crippen molar-refractivity contribution in [1.82, 2.24) is 10.2 Å². The average molecular weight is 577 g/mol. The fourth-order valence-corrected chi connectivity index (χ4v) is 5.38. The normalized spacial score (nSPS) is 12.9.